The van der Waals surface area contributed by atoms with Crippen molar-refractivity contribution in [1.82, 2.24) is 14.5 Å². The van der Waals surface area contributed by atoms with Crippen molar-refractivity contribution in [3.8, 4) is 27.9 Å². The Labute approximate surface area is 225 Å². The zero-order valence-corrected chi connectivity index (χ0v) is 21.1. The number of aromatic nitrogens is 3. The second-order valence-corrected chi connectivity index (χ2v) is 9.88. The van der Waals surface area contributed by atoms with Crippen LogP contribution in [0.1, 0.15) is 0 Å². The quantitative estimate of drug-likeness (QED) is 0.244. The number of nitrogens with zero attached hydrogens (tertiary/aromatic N) is 3. The lowest BCUT2D eigenvalue weighted by atomic mass is 9.95. The Hall–Kier alpha value is -5.28. The first-order valence-electron chi connectivity index (χ1n) is 13.2. The van der Waals surface area contributed by atoms with E-state index < -0.39 is 0 Å². The Morgan fingerprint density at radius 3 is 2.03 bits per heavy atom. The molecule has 0 saturated carbocycles. The van der Waals surface area contributed by atoms with E-state index in [4.69, 9.17) is 4.98 Å². The van der Waals surface area contributed by atoms with Crippen LogP contribution in [-0.2, 0) is 0 Å². The molecule has 0 aliphatic rings. The maximum Gasteiger partial charge on any atom is 0.0802 e. The van der Waals surface area contributed by atoms with Gasteiger partial charge in [-0.2, -0.15) is 0 Å². The molecule has 182 valence electrons. The van der Waals surface area contributed by atoms with E-state index in [1.165, 1.54) is 60.5 Å². The maximum atomic E-state index is 4.79. The molecule has 0 aliphatic carbocycles. The highest BCUT2D eigenvalue weighted by Crippen LogP contribution is 2.40. The minimum absolute atomic E-state index is 1.04. The van der Waals surface area contributed by atoms with Crippen LogP contribution in [0, 0.1) is 0 Å². The van der Waals surface area contributed by atoms with Crippen molar-refractivity contribution < 1.29 is 0 Å². The highest BCUT2D eigenvalue weighted by Gasteiger charge is 2.17. The molecular formula is C36H23N3. The Kier molecular flexibility index (Phi) is 4.82. The average molecular weight is 498 g/mol. The fourth-order valence-corrected chi connectivity index (χ4v) is 5.97. The molecule has 5 aromatic carbocycles. The topological polar surface area (TPSA) is 30.7 Å². The molecule has 8 rings (SSSR count). The van der Waals surface area contributed by atoms with Crippen LogP contribution in [0.15, 0.2) is 140 Å². The van der Waals surface area contributed by atoms with Gasteiger partial charge in [-0.25, -0.2) is 0 Å². The molecular weight excluding hydrogens is 474 g/mol. The van der Waals surface area contributed by atoms with Crippen molar-refractivity contribution >= 4 is 43.5 Å². The third-order valence-corrected chi connectivity index (χ3v) is 7.76. The fraction of sp³-hybridized carbons (Fsp3) is 0. The molecule has 3 heterocycles. The van der Waals surface area contributed by atoms with Crippen molar-refractivity contribution in [2.24, 2.45) is 0 Å². The summed E-state index contributed by atoms with van der Waals surface area (Å²) in [5.41, 5.74) is 9.35. The van der Waals surface area contributed by atoms with Crippen molar-refractivity contribution in [3.05, 3.63) is 140 Å². The molecule has 0 saturated heterocycles. The Morgan fingerprint density at radius 2 is 1.18 bits per heavy atom. The van der Waals surface area contributed by atoms with E-state index in [2.05, 4.69) is 113 Å². The van der Waals surface area contributed by atoms with Gasteiger partial charge in [0.15, 0.2) is 0 Å². The standard InChI is InChI=1S/C36H23N3/c1-2-8-30-29(7-1)28(26-13-11-24(12-14-26)25-19-22-37-23-20-25)16-18-33(30)39-32-10-4-3-9-31(32)35-34(39)17-15-27-6-5-21-38-36(27)35/h1-23H. The van der Waals surface area contributed by atoms with Crippen LogP contribution in [0.4, 0.5) is 0 Å². The Bertz CT molecular complexity index is 2160. The van der Waals surface area contributed by atoms with E-state index >= 15 is 0 Å². The molecule has 0 bridgehead atoms. The first kappa shape index (κ1) is 21.8. The van der Waals surface area contributed by atoms with Gasteiger partial charge in [-0.15, -0.1) is 0 Å². The smallest absolute Gasteiger partial charge is 0.0802 e. The maximum absolute atomic E-state index is 4.79. The minimum Gasteiger partial charge on any atom is -0.309 e. The largest absolute Gasteiger partial charge is 0.309 e. The van der Waals surface area contributed by atoms with Gasteiger partial charge in [0.05, 0.1) is 22.2 Å². The molecule has 3 nitrogen and oxygen atoms in total. The monoisotopic (exact) mass is 497 g/mol. The second kappa shape index (κ2) is 8.64. The van der Waals surface area contributed by atoms with Gasteiger partial charge in [0, 0.05) is 40.1 Å². The number of hydrogen-bond donors (Lipinski definition) is 0. The third kappa shape index (κ3) is 3.37. The van der Waals surface area contributed by atoms with Gasteiger partial charge >= 0.3 is 0 Å². The number of hydrogen-bond acceptors (Lipinski definition) is 2. The van der Waals surface area contributed by atoms with Gasteiger partial charge < -0.3 is 4.57 Å². The van der Waals surface area contributed by atoms with E-state index in [1.807, 2.05) is 36.8 Å². The zero-order chi connectivity index (χ0) is 25.8. The minimum atomic E-state index is 1.04. The van der Waals surface area contributed by atoms with Crippen LogP contribution in [0.5, 0.6) is 0 Å². The van der Waals surface area contributed by atoms with Crippen LogP contribution < -0.4 is 0 Å². The van der Waals surface area contributed by atoms with E-state index in [0.717, 1.165) is 10.9 Å². The molecule has 0 radical (unpaired) electrons. The summed E-state index contributed by atoms with van der Waals surface area (Å²) in [6.45, 7) is 0. The predicted molar refractivity (Wildman–Crippen MR) is 162 cm³/mol. The summed E-state index contributed by atoms with van der Waals surface area (Å²) >= 11 is 0. The van der Waals surface area contributed by atoms with Crippen LogP contribution in [0.3, 0.4) is 0 Å². The molecule has 0 aliphatic heterocycles. The van der Waals surface area contributed by atoms with Crippen molar-refractivity contribution in [1.29, 1.82) is 0 Å². The predicted octanol–water partition coefficient (Wildman–Crippen LogP) is 9.21. The number of fused-ring (bicyclic) bond motifs is 6. The Morgan fingerprint density at radius 1 is 0.462 bits per heavy atom. The average Bonchev–Trinajstić information content (AvgIpc) is 3.36. The molecule has 39 heavy (non-hydrogen) atoms. The van der Waals surface area contributed by atoms with Gasteiger partial charge in [0.1, 0.15) is 0 Å². The van der Waals surface area contributed by atoms with E-state index in [9.17, 15) is 0 Å². The summed E-state index contributed by atoms with van der Waals surface area (Å²) in [6, 6.07) is 43.4. The van der Waals surface area contributed by atoms with Crippen molar-refractivity contribution in [2.75, 3.05) is 0 Å². The molecule has 0 amide bonds. The van der Waals surface area contributed by atoms with Crippen molar-refractivity contribution in [2.45, 2.75) is 0 Å². The summed E-state index contributed by atoms with van der Waals surface area (Å²) in [6.07, 6.45) is 5.56. The molecule has 3 aromatic heterocycles. The number of pyridine rings is 2. The van der Waals surface area contributed by atoms with Gasteiger partial charge in [0.2, 0.25) is 0 Å². The normalized spacial score (nSPS) is 11.6. The van der Waals surface area contributed by atoms with Crippen LogP contribution in [0.25, 0.3) is 71.4 Å². The molecule has 0 unspecified atom stereocenters. The molecule has 0 spiro atoms. The number of benzene rings is 5. The van der Waals surface area contributed by atoms with Gasteiger partial charge in [-0.1, -0.05) is 84.9 Å². The van der Waals surface area contributed by atoms with E-state index in [-0.39, 0.29) is 0 Å². The van der Waals surface area contributed by atoms with Gasteiger partial charge in [-0.3, -0.25) is 9.97 Å². The molecule has 0 N–H and O–H groups in total. The molecule has 8 aromatic rings. The summed E-state index contributed by atoms with van der Waals surface area (Å²) in [5, 5.41) is 6.03. The lowest BCUT2D eigenvalue weighted by Crippen LogP contribution is -1.96. The summed E-state index contributed by atoms with van der Waals surface area (Å²) in [7, 11) is 0. The van der Waals surface area contributed by atoms with Crippen LogP contribution in [-0.4, -0.2) is 14.5 Å². The van der Waals surface area contributed by atoms with Crippen molar-refractivity contribution in [3.63, 3.8) is 0 Å². The summed E-state index contributed by atoms with van der Waals surface area (Å²) < 4.78 is 2.40. The fourth-order valence-electron chi connectivity index (χ4n) is 5.97. The highest BCUT2D eigenvalue weighted by atomic mass is 15.0. The lowest BCUT2D eigenvalue weighted by molar-refractivity contribution is 1.20. The van der Waals surface area contributed by atoms with E-state index in [1.54, 1.807) is 0 Å². The van der Waals surface area contributed by atoms with Crippen LogP contribution >= 0.6 is 0 Å². The molecule has 3 heteroatoms. The zero-order valence-electron chi connectivity index (χ0n) is 21.1. The first-order valence-corrected chi connectivity index (χ1v) is 13.2. The van der Waals surface area contributed by atoms with E-state index in [0.29, 0.717) is 0 Å². The summed E-state index contributed by atoms with van der Waals surface area (Å²) in [4.78, 5) is 8.94. The summed E-state index contributed by atoms with van der Waals surface area (Å²) in [5.74, 6) is 0. The van der Waals surface area contributed by atoms with Crippen LogP contribution in [0.2, 0.25) is 0 Å². The number of para-hydroxylation sites is 1. The Balaban J connectivity index is 1.37. The number of rotatable bonds is 3. The third-order valence-electron chi connectivity index (χ3n) is 7.76. The van der Waals surface area contributed by atoms with Gasteiger partial charge in [-0.05, 0) is 64.0 Å². The second-order valence-electron chi connectivity index (χ2n) is 9.88. The molecule has 0 fully saturated rings. The first-order chi connectivity index (χ1) is 19.4. The molecule has 0 atom stereocenters. The van der Waals surface area contributed by atoms with Gasteiger partial charge in [0.25, 0.3) is 0 Å². The lowest BCUT2D eigenvalue weighted by Gasteiger charge is -2.15. The highest BCUT2D eigenvalue weighted by molar-refractivity contribution is 6.20. The SMILES string of the molecule is c1cnc2c(c1)ccc1c2c2ccccc2n1-c1ccc(-c2ccc(-c3ccncc3)cc2)c2ccccc12.